The zero-order valence-electron chi connectivity index (χ0n) is 12.8. The number of hydrogen-bond donors (Lipinski definition) is 0. The Morgan fingerprint density at radius 1 is 1.04 bits per heavy atom. The van der Waals surface area contributed by atoms with Gasteiger partial charge in [0.05, 0.1) is 0 Å². The molecule has 0 N–H and O–H groups in total. The van der Waals surface area contributed by atoms with Crippen LogP contribution in [-0.4, -0.2) is 10.7 Å². The average molecular weight is 371 g/mol. The highest BCUT2D eigenvalue weighted by molar-refractivity contribution is 5.37. The molecule has 1 atom stereocenters. The maximum atomic E-state index is 6.01. The fraction of sp³-hybridized carbons (Fsp3) is 0.211. The maximum absolute atomic E-state index is 6.01. The lowest BCUT2D eigenvalue weighted by atomic mass is 10.1. The van der Waals surface area contributed by atoms with Crippen LogP contribution in [0.15, 0.2) is 73.3 Å². The molecular formula is C19H19BrN2O. The quantitative estimate of drug-likeness (QED) is 0.583. The van der Waals surface area contributed by atoms with Crippen LogP contribution in [0.1, 0.15) is 11.1 Å². The van der Waals surface area contributed by atoms with E-state index in [-0.39, 0.29) is 23.1 Å². The number of fused-ring (bicyclic) bond motifs is 1. The van der Waals surface area contributed by atoms with E-state index in [9.17, 15) is 0 Å². The van der Waals surface area contributed by atoms with Crippen LogP contribution in [0.5, 0.6) is 5.75 Å². The van der Waals surface area contributed by atoms with Gasteiger partial charge in [-0.05, 0) is 17.2 Å². The molecule has 118 valence electrons. The topological polar surface area (TPSA) is 18.0 Å². The molecule has 0 bridgehead atoms. The number of halogens is 1. The lowest BCUT2D eigenvalue weighted by molar-refractivity contribution is -0.687. The van der Waals surface area contributed by atoms with E-state index < -0.39 is 0 Å². The van der Waals surface area contributed by atoms with E-state index in [1.807, 2.05) is 6.07 Å². The molecule has 3 aromatic rings. The van der Waals surface area contributed by atoms with E-state index in [2.05, 4.69) is 76.4 Å². The third-order valence-corrected chi connectivity index (χ3v) is 4.08. The largest absolute Gasteiger partial charge is 1.00 e. The molecule has 23 heavy (non-hydrogen) atoms. The number of aromatic nitrogens is 2. The van der Waals surface area contributed by atoms with Gasteiger partial charge < -0.3 is 21.7 Å². The minimum atomic E-state index is 0. The van der Waals surface area contributed by atoms with Crippen LogP contribution in [-0.2, 0) is 19.5 Å². The van der Waals surface area contributed by atoms with Crippen molar-refractivity contribution in [2.45, 2.75) is 25.6 Å². The van der Waals surface area contributed by atoms with Gasteiger partial charge in [0.1, 0.15) is 37.3 Å². The number of ether oxygens (including phenoxy) is 1. The van der Waals surface area contributed by atoms with Gasteiger partial charge in [0.25, 0.3) is 0 Å². The van der Waals surface area contributed by atoms with Crippen molar-refractivity contribution in [1.29, 1.82) is 0 Å². The zero-order valence-corrected chi connectivity index (χ0v) is 14.4. The molecule has 1 unspecified atom stereocenters. The third-order valence-electron chi connectivity index (χ3n) is 4.08. The van der Waals surface area contributed by atoms with E-state index in [4.69, 9.17) is 4.74 Å². The molecule has 1 aromatic heterocycles. The predicted molar refractivity (Wildman–Crippen MR) is 84.7 cm³/mol. The van der Waals surface area contributed by atoms with Crippen molar-refractivity contribution in [2.24, 2.45) is 0 Å². The first kappa shape index (κ1) is 15.8. The SMILES string of the molecule is [Br-].c1ccc(C[n+]2ccn(CC3Cc4ccccc4O3)c2)cc1. The van der Waals surface area contributed by atoms with Crippen LogP contribution >= 0.6 is 0 Å². The van der Waals surface area contributed by atoms with Crippen LogP contribution < -0.4 is 26.3 Å². The van der Waals surface area contributed by atoms with Gasteiger partial charge in [-0.25, -0.2) is 9.13 Å². The van der Waals surface area contributed by atoms with Crippen molar-refractivity contribution in [3.05, 3.63) is 84.4 Å². The van der Waals surface area contributed by atoms with E-state index in [1.165, 1.54) is 11.1 Å². The molecule has 0 amide bonds. The molecule has 0 aliphatic carbocycles. The average Bonchev–Trinajstić information content (AvgIpc) is 3.14. The Hall–Kier alpha value is -2.07. The summed E-state index contributed by atoms with van der Waals surface area (Å²) in [5.41, 5.74) is 2.63. The molecule has 0 fully saturated rings. The summed E-state index contributed by atoms with van der Waals surface area (Å²) in [6.45, 7) is 1.79. The molecule has 0 spiro atoms. The first-order valence-corrected chi connectivity index (χ1v) is 7.70. The highest BCUT2D eigenvalue weighted by Crippen LogP contribution is 2.28. The van der Waals surface area contributed by atoms with Crippen molar-refractivity contribution in [3.8, 4) is 5.75 Å². The number of imidazole rings is 1. The summed E-state index contributed by atoms with van der Waals surface area (Å²) >= 11 is 0. The summed E-state index contributed by atoms with van der Waals surface area (Å²) in [5.74, 6) is 1.04. The Morgan fingerprint density at radius 3 is 2.65 bits per heavy atom. The lowest BCUT2D eigenvalue weighted by Gasteiger charge is -2.07. The van der Waals surface area contributed by atoms with E-state index in [1.54, 1.807) is 0 Å². The second-order valence-electron chi connectivity index (χ2n) is 5.82. The summed E-state index contributed by atoms with van der Waals surface area (Å²) in [7, 11) is 0. The maximum Gasteiger partial charge on any atom is 0.244 e. The van der Waals surface area contributed by atoms with Gasteiger partial charge in [0, 0.05) is 6.42 Å². The van der Waals surface area contributed by atoms with E-state index >= 15 is 0 Å². The van der Waals surface area contributed by atoms with Crippen molar-refractivity contribution >= 4 is 0 Å². The summed E-state index contributed by atoms with van der Waals surface area (Å²) < 4.78 is 10.4. The summed E-state index contributed by atoms with van der Waals surface area (Å²) in [5, 5.41) is 0. The molecule has 2 aromatic carbocycles. The highest BCUT2D eigenvalue weighted by atomic mass is 79.9. The first-order chi connectivity index (χ1) is 10.9. The Labute approximate surface area is 146 Å². The Balaban J connectivity index is 0.00000156. The van der Waals surface area contributed by atoms with Crippen LogP contribution in [0.25, 0.3) is 0 Å². The molecule has 0 saturated carbocycles. The lowest BCUT2D eigenvalue weighted by Crippen LogP contribution is -3.00. The van der Waals surface area contributed by atoms with Crippen molar-refractivity contribution < 1.29 is 26.3 Å². The molecule has 1 aliphatic heterocycles. The first-order valence-electron chi connectivity index (χ1n) is 7.70. The van der Waals surface area contributed by atoms with Gasteiger partial charge in [0.15, 0.2) is 0 Å². The van der Waals surface area contributed by atoms with Gasteiger partial charge in [-0.2, -0.15) is 0 Å². The molecule has 1 aliphatic rings. The molecule has 4 rings (SSSR count). The van der Waals surface area contributed by atoms with Crippen LogP contribution in [0.3, 0.4) is 0 Å². The summed E-state index contributed by atoms with van der Waals surface area (Å²) in [4.78, 5) is 0. The van der Waals surface area contributed by atoms with Crippen LogP contribution in [0, 0.1) is 0 Å². The number of rotatable bonds is 4. The Kier molecular flexibility index (Phi) is 4.82. The van der Waals surface area contributed by atoms with Crippen molar-refractivity contribution in [3.63, 3.8) is 0 Å². The predicted octanol–water partition coefficient (Wildman–Crippen LogP) is -0.168. The number of hydrogen-bond acceptors (Lipinski definition) is 1. The number of para-hydroxylation sites is 1. The second-order valence-corrected chi connectivity index (χ2v) is 5.82. The fourth-order valence-corrected chi connectivity index (χ4v) is 3.03. The Morgan fingerprint density at radius 2 is 1.83 bits per heavy atom. The molecule has 4 heteroatoms. The minimum absolute atomic E-state index is 0. The fourth-order valence-electron chi connectivity index (χ4n) is 3.03. The van der Waals surface area contributed by atoms with Crippen molar-refractivity contribution in [2.75, 3.05) is 0 Å². The third kappa shape index (κ3) is 3.64. The van der Waals surface area contributed by atoms with Gasteiger partial charge in [-0.15, -0.1) is 0 Å². The van der Waals surface area contributed by atoms with Gasteiger partial charge in [-0.3, -0.25) is 0 Å². The summed E-state index contributed by atoms with van der Waals surface area (Å²) in [6.07, 6.45) is 7.62. The zero-order chi connectivity index (χ0) is 14.8. The molecule has 2 heterocycles. The van der Waals surface area contributed by atoms with Crippen LogP contribution in [0.4, 0.5) is 0 Å². The number of nitrogens with zero attached hydrogens (tertiary/aromatic N) is 2. The van der Waals surface area contributed by atoms with Crippen LogP contribution in [0.2, 0.25) is 0 Å². The molecule has 0 radical (unpaired) electrons. The highest BCUT2D eigenvalue weighted by Gasteiger charge is 2.24. The summed E-state index contributed by atoms with van der Waals surface area (Å²) in [6, 6.07) is 18.8. The van der Waals surface area contributed by atoms with Gasteiger partial charge in [0.2, 0.25) is 6.33 Å². The van der Waals surface area contributed by atoms with E-state index in [0.29, 0.717) is 0 Å². The van der Waals surface area contributed by atoms with Crippen molar-refractivity contribution in [1.82, 2.24) is 4.57 Å². The van der Waals surface area contributed by atoms with E-state index in [0.717, 1.165) is 25.3 Å². The molecular weight excluding hydrogens is 352 g/mol. The van der Waals surface area contributed by atoms with Gasteiger partial charge in [-0.1, -0.05) is 48.5 Å². The molecule has 0 saturated heterocycles. The normalized spacial score (nSPS) is 15.6. The number of benzene rings is 2. The minimum Gasteiger partial charge on any atom is -1.00 e. The molecule has 3 nitrogen and oxygen atoms in total. The second kappa shape index (κ2) is 7.01. The monoisotopic (exact) mass is 370 g/mol. The van der Waals surface area contributed by atoms with Gasteiger partial charge >= 0.3 is 0 Å². The standard InChI is InChI=1S/C19H19N2O.BrH/c1-2-6-16(7-3-1)13-20-10-11-21(15-20)14-18-12-17-8-4-5-9-19(17)22-18;/h1-11,15,18H,12-14H2;1H/q+1;/p-1. The smallest absolute Gasteiger partial charge is 0.244 e. The Bertz CT molecular complexity index is 745.